The van der Waals surface area contributed by atoms with Gasteiger partial charge in [-0.25, -0.2) is 0 Å². The van der Waals surface area contributed by atoms with E-state index in [-0.39, 0.29) is 11.9 Å². The van der Waals surface area contributed by atoms with Gasteiger partial charge in [-0.3, -0.25) is 9.69 Å². The molecule has 1 heterocycles. The molecule has 90 valence electrons. The summed E-state index contributed by atoms with van der Waals surface area (Å²) < 4.78 is 0. The summed E-state index contributed by atoms with van der Waals surface area (Å²) in [6, 6.07) is -0.0255. The molecule has 0 aromatic heterocycles. The minimum Gasteiger partial charge on any atom is -0.347 e. The van der Waals surface area contributed by atoms with Crippen LogP contribution in [0, 0.1) is 11.8 Å². The zero-order valence-corrected chi connectivity index (χ0v) is 10.4. The molecule has 1 N–H and O–H groups in total. The number of carbonyl (C=O) groups is 1. The highest BCUT2D eigenvalue weighted by Gasteiger charge is 2.28. The van der Waals surface area contributed by atoms with Crippen LogP contribution in [0.3, 0.4) is 0 Å². The first kappa shape index (κ1) is 13.0. The van der Waals surface area contributed by atoms with E-state index in [0.717, 1.165) is 32.6 Å². The van der Waals surface area contributed by atoms with E-state index in [1.54, 1.807) is 19.0 Å². The Labute approximate surface area is 98.0 Å². The molecule has 1 amide bonds. The van der Waals surface area contributed by atoms with E-state index in [2.05, 4.69) is 22.1 Å². The third-order valence-electron chi connectivity index (χ3n) is 2.78. The van der Waals surface area contributed by atoms with Crippen LogP contribution in [0.25, 0.3) is 0 Å². The lowest BCUT2D eigenvalue weighted by Crippen LogP contribution is -2.57. The van der Waals surface area contributed by atoms with Crippen molar-refractivity contribution in [2.75, 3.05) is 40.3 Å². The number of carbonyl (C=O) groups excluding carboxylic acids is 1. The van der Waals surface area contributed by atoms with Crippen LogP contribution in [0.4, 0.5) is 0 Å². The standard InChI is InChI=1S/C12H21N3O/c1-4-5-6-8-15-9-7-13-10-11(15)12(16)14(2)3/h11,13H,6-10H2,1-3H3. The predicted octanol–water partition coefficient (Wildman–Crippen LogP) is -0.238. The highest BCUT2D eigenvalue weighted by Crippen LogP contribution is 2.06. The topological polar surface area (TPSA) is 35.6 Å². The van der Waals surface area contributed by atoms with E-state index in [0.29, 0.717) is 0 Å². The first-order valence-corrected chi connectivity index (χ1v) is 5.72. The first-order chi connectivity index (χ1) is 7.66. The minimum absolute atomic E-state index is 0.0255. The molecule has 0 radical (unpaired) electrons. The third kappa shape index (κ3) is 3.51. The van der Waals surface area contributed by atoms with Crippen LogP contribution in [-0.2, 0) is 4.79 Å². The first-order valence-electron chi connectivity index (χ1n) is 5.72. The number of piperazine rings is 1. The predicted molar refractivity (Wildman–Crippen MR) is 65.0 cm³/mol. The zero-order chi connectivity index (χ0) is 12.0. The quantitative estimate of drug-likeness (QED) is 0.671. The van der Waals surface area contributed by atoms with Gasteiger partial charge in [0.1, 0.15) is 6.04 Å². The molecular formula is C12H21N3O. The van der Waals surface area contributed by atoms with E-state index in [4.69, 9.17) is 0 Å². The van der Waals surface area contributed by atoms with Gasteiger partial charge >= 0.3 is 0 Å². The van der Waals surface area contributed by atoms with Crippen LogP contribution < -0.4 is 5.32 Å². The molecule has 16 heavy (non-hydrogen) atoms. The molecule has 1 rings (SSSR count). The van der Waals surface area contributed by atoms with Crippen molar-refractivity contribution in [2.45, 2.75) is 19.4 Å². The molecule has 1 unspecified atom stereocenters. The van der Waals surface area contributed by atoms with E-state index in [1.807, 2.05) is 6.92 Å². The average molecular weight is 223 g/mol. The zero-order valence-electron chi connectivity index (χ0n) is 10.4. The summed E-state index contributed by atoms with van der Waals surface area (Å²) in [5.41, 5.74) is 0. The molecule has 1 aliphatic heterocycles. The van der Waals surface area contributed by atoms with Crippen molar-refractivity contribution in [1.29, 1.82) is 0 Å². The van der Waals surface area contributed by atoms with Crippen LogP contribution in [0.5, 0.6) is 0 Å². The van der Waals surface area contributed by atoms with Gasteiger partial charge in [-0.1, -0.05) is 0 Å². The Morgan fingerprint density at radius 1 is 1.56 bits per heavy atom. The molecule has 1 aliphatic rings. The Morgan fingerprint density at radius 2 is 2.31 bits per heavy atom. The fourth-order valence-corrected chi connectivity index (χ4v) is 1.88. The third-order valence-corrected chi connectivity index (χ3v) is 2.78. The Hall–Kier alpha value is -1.05. The van der Waals surface area contributed by atoms with Gasteiger partial charge in [-0.2, -0.15) is 0 Å². The van der Waals surface area contributed by atoms with Gasteiger partial charge in [-0.05, 0) is 6.92 Å². The van der Waals surface area contributed by atoms with Gasteiger partial charge in [0.25, 0.3) is 0 Å². The second-order valence-corrected chi connectivity index (χ2v) is 4.17. The van der Waals surface area contributed by atoms with E-state index in [9.17, 15) is 4.79 Å². The number of nitrogens with zero attached hydrogens (tertiary/aromatic N) is 2. The second kappa shape index (κ2) is 6.51. The maximum Gasteiger partial charge on any atom is 0.240 e. The van der Waals surface area contributed by atoms with Gasteiger partial charge in [0.05, 0.1) is 0 Å². The van der Waals surface area contributed by atoms with E-state index in [1.165, 1.54) is 0 Å². The van der Waals surface area contributed by atoms with Crippen molar-refractivity contribution in [3.63, 3.8) is 0 Å². The number of hydrogen-bond donors (Lipinski definition) is 1. The average Bonchev–Trinajstić information content (AvgIpc) is 2.29. The van der Waals surface area contributed by atoms with Crippen molar-refractivity contribution in [3.05, 3.63) is 0 Å². The lowest BCUT2D eigenvalue weighted by molar-refractivity contribution is -0.135. The Balaban J connectivity index is 2.55. The summed E-state index contributed by atoms with van der Waals surface area (Å²) in [5.74, 6) is 6.11. The summed E-state index contributed by atoms with van der Waals surface area (Å²) in [7, 11) is 3.61. The van der Waals surface area contributed by atoms with Crippen molar-refractivity contribution >= 4 is 5.91 Å². The fraction of sp³-hybridized carbons (Fsp3) is 0.750. The lowest BCUT2D eigenvalue weighted by Gasteiger charge is -2.36. The molecule has 1 fully saturated rings. The van der Waals surface area contributed by atoms with Gasteiger partial charge in [0.2, 0.25) is 5.91 Å². The van der Waals surface area contributed by atoms with Crippen LogP contribution in [0.1, 0.15) is 13.3 Å². The summed E-state index contributed by atoms with van der Waals surface area (Å²) in [4.78, 5) is 15.8. The molecule has 0 bridgehead atoms. The molecule has 0 aliphatic carbocycles. The molecule has 4 nitrogen and oxygen atoms in total. The molecule has 0 aromatic carbocycles. The molecule has 4 heteroatoms. The van der Waals surface area contributed by atoms with Gasteiger partial charge in [0.15, 0.2) is 0 Å². The Morgan fingerprint density at radius 3 is 2.94 bits per heavy atom. The van der Waals surface area contributed by atoms with E-state index >= 15 is 0 Å². The van der Waals surface area contributed by atoms with Crippen molar-refractivity contribution in [3.8, 4) is 11.8 Å². The maximum atomic E-state index is 11.9. The monoisotopic (exact) mass is 223 g/mol. The molecular weight excluding hydrogens is 202 g/mol. The van der Waals surface area contributed by atoms with Crippen molar-refractivity contribution in [2.24, 2.45) is 0 Å². The molecule has 0 spiro atoms. The summed E-state index contributed by atoms with van der Waals surface area (Å²) in [5, 5.41) is 3.27. The minimum atomic E-state index is -0.0255. The summed E-state index contributed by atoms with van der Waals surface area (Å²) in [6.07, 6.45) is 0.841. The lowest BCUT2D eigenvalue weighted by atomic mass is 10.1. The normalized spacial score (nSPS) is 21.1. The Kier molecular flexibility index (Phi) is 5.30. The number of nitrogens with one attached hydrogen (secondary N) is 1. The molecule has 1 atom stereocenters. The van der Waals surface area contributed by atoms with E-state index < -0.39 is 0 Å². The largest absolute Gasteiger partial charge is 0.347 e. The summed E-state index contributed by atoms with van der Waals surface area (Å²) in [6.45, 7) is 5.36. The molecule has 0 aromatic rings. The van der Waals surface area contributed by atoms with Crippen LogP contribution >= 0.6 is 0 Å². The van der Waals surface area contributed by atoms with Crippen molar-refractivity contribution < 1.29 is 4.79 Å². The SMILES string of the molecule is CC#CCCN1CCNCC1C(=O)N(C)C. The maximum absolute atomic E-state index is 11.9. The van der Waals surface area contributed by atoms with Crippen LogP contribution in [0.15, 0.2) is 0 Å². The molecule has 0 saturated carbocycles. The summed E-state index contributed by atoms with van der Waals surface area (Å²) >= 11 is 0. The number of rotatable bonds is 3. The number of likely N-dealkylation sites (N-methyl/N-ethyl adjacent to an activating group) is 1. The number of amides is 1. The second-order valence-electron chi connectivity index (χ2n) is 4.17. The van der Waals surface area contributed by atoms with Crippen LogP contribution in [-0.4, -0.2) is 62.0 Å². The Bertz CT molecular complexity index is 290. The molecule has 1 saturated heterocycles. The highest BCUT2D eigenvalue weighted by molar-refractivity contribution is 5.81. The highest BCUT2D eigenvalue weighted by atomic mass is 16.2. The van der Waals surface area contributed by atoms with Crippen LogP contribution in [0.2, 0.25) is 0 Å². The smallest absolute Gasteiger partial charge is 0.240 e. The fourth-order valence-electron chi connectivity index (χ4n) is 1.88. The van der Waals surface area contributed by atoms with Gasteiger partial charge < -0.3 is 10.2 Å². The van der Waals surface area contributed by atoms with Crippen molar-refractivity contribution in [1.82, 2.24) is 15.1 Å². The van der Waals surface area contributed by atoms with Gasteiger partial charge in [0, 0.05) is 46.7 Å². The van der Waals surface area contributed by atoms with Gasteiger partial charge in [-0.15, -0.1) is 11.8 Å². The number of hydrogen-bond acceptors (Lipinski definition) is 3.